The van der Waals surface area contributed by atoms with Crippen LogP contribution < -0.4 is 9.80 Å². The number of hydrogen-bond donors (Lipinski definition) is 0. The molecule has 0 N–H and O–H groups in total. The van der Waals surface area contributed by atoms with Crippen molar-refractivity contribution in [3.8, 4) is 44.5 Å². The highest BCUT2D eigenvalue weighted by Crippen LogP contribution is 2.63. The molecule has 0 fully saturated rings. The number of fused-ring (bicyclic) bond motifs is 14. The van der Waals surface area contributed by atoms with Crippen molar-refractivity contribution in [1.29, 1.82) is 0 Å². The van der Waals surface area contributed by atoms with Gasteiger partial charge in [-0.15, -0.1) is 0 Å². The second-order valence-electron chi connectivity index (χ2n) is 19.5. The lowest BCUT2D eigenvalue weighted by molar-refractivity contribution is 0.669. The number of para-hydroxylation sites is 3. The van der Waals surface area contributed by atoms with Gasteiger partial charge in [-0.1, -0.05) is 194 Å². The normalized spacial score (nSPS) is 12.7. The summed E-state index contributed by atoms with van der Waals surface area (Å²) in [6.07, 6.45) is 0. The Kier molecular flexibility index (Phi) is 9.48. The largest absolute Gasteiger partial charge is 0.456 e. The van der Waals surface area contributed by atoms with Gasteiger partial charge in [-0.25, -0.2) is 0 Å². The second-order valence-corrected chi connectivity index (χ2v) is 19.5. The Labute approximate surface area is 430 Å². The number of rotatable bonds is 8. The third kappa shape index (κ3) is 6.33. The summed E-state index contributed by atoms with van der Waals surface area (Å²) in [5, 5.41) is 4.67. The molecular formula is C71H46N2O. The molecule has 0 aliphatic heterocycles. The predicted molar refractivity (Wildman–Crippen MR) is 308 cm³/mol. The fraction of sp³-hybridized carbons (Fsp3) is 0.0141. The van der Waals surface area contributed by atoms with Crippen LogP contribution in [-0.4, -0.2) is 0 Å². The van der Waals surface area contributed by atoms with Gasteiger partial charge >= 0.3 is 0 Å². The molecule has 1 heterocycles. The van der Waals surface area contributed by atoms with Gasteiger partial charge in [-0.3, -0.25) is 0 Å². The van der Waals surface area contributed by atoms with E-state index >= 15 is 0 Å². The van der Waals surface area contributed by atoms with Gasteiger partial charge in [-0.05, 0) is 156 Å². The fourth-order valence-corrected chi connectivity index (χ4v) is 12.5. The van der Waals surface area contributed by atoms with Crippen molar-refractivity contribution in [2.24, 2.45) is 0 Å². The second kappa shape index (κ2) is 16.7. The molecule has 0 amide bonds. The lowest BCUT2D eigenvalue weighted by Gasteiger charge is -2.32. The van der Waals surface area contributed by atoms with Crippen molar-refractivity contribution in [1.82, 2.24) is 0 Å². The number of benzene rings is 12. The van der Waals surface area contributed by atoms with E-state index in [0.717, 1.165) is 61.6 Å². The Morgan fingerprint density at radius 3 is 1.12 bits per heavy atom. The Morgan fingerprint density at radius 1 is 0.230 bits per heavy atom. The summed E-state index contributed by atoms with van der Waals surface area (Å²) < 4.78 is 6.35. The smallest absolute Gasteiger partial charge is 0.137 e. The average Bonchev–Trinajstić information content (AvgIpc) is 4.17. The maximum atomic E-state index is 6.35. The van der Waals surface area contributed by atoms with Crippen LogP contribution in [0.25, 0.3) is 77.2 Å². The predicted octanol–water partition coefficient (Wildman–Crippen LogP) is 19.4. The summed E-state index contributed by atoms with van der Waals surface area (Å²) in [6, 6.07) is 102. The van der Waals surface area contributed by atoms with Gasteiger partial charge < -0.3 is 14.2 Å². The molecular weight excluding hydrogens is 897 g/mol. The molecule has 0 saturated carbocycles. The highest BCUT2D eigenvalue weighted by molar-refractivity contribution is 6.07. The molecule has 0 unspecified atom stereocenters. The number of nitrogens with zero attached hydrogens (tertiary/aromatic N) is 2. The quantitative estimate of drug-likeness (QED) is 0.151. The maximum absolute atomic E-state index is 6.35. The van der Waals surface area contributed by atoms with Crippen LogP contribution in [0, 0.1) is 0 Å². The lowest BCUT2D eigenvalue weighted by atomic mass is 9.70. The first-order valence-corrected chi connectivity index (χ1v) is 25.5. The van der Waals surface area contributed by atoms with Crippen molar-refractivity contribution in [2.45, 2.75) is 5.41 Å². The molecule has 0 atom stereocenters. The summed E-state index contributed by atoms with van der Waals surface area (Å²) in [7, 11) is 0. The summed E-state index contributed by atoms with van der Waals surface area (Å²) in [5.41, 5.74) is 23.2. The van der Waals surface area contributed by atoms with E-state index in [1.807, 2.05) is 12.1 Å². The maximum Gasteiger partial charge on any atom is 0.137 e. The first-order chi connectivity index (χ1) is 36.7. The van der Waals surface area contributed by atoms with Crippen molar-refractivity contribution >= 4 is 66.8 Å². The van der Waals surface area contributed by atoms with Crippen LogP contribution in [-0.2, 0) is 5.41 Å². The zero-order chi connectivity index (χ0) is 48.7. The Hall–Kier alpha value is -9.70. The minimum Gasteiger partial charge on any atom is -0.456 e. The molecule has 1 spiro atoms. The van der Waals surface area contributed by atoms with Crippen molar-refractivity contribution in [2.75, 3.05) is 9.80 Å². The third-order valence-corrected chi connectivity index (χ3v) is 15.7. The molecule has 0 saturated heterocycles. The topological polar surface area (TPSA) is 19.6 Å². The summed E-state index contributed by atoms with van der Waals surface area (Å²) >= 11 is 0. The van der Waals surface area contributed by atoms with E-state index in [0.29, 0.717) is 0 Å². The molecule has 2 aliphatic rings. The Morgan fingerprint density at radius 2 is 0.595 bits per heavy atom. The van der Waals surface area contributed by atoms with Crippen molar-refractivity contribution in [3.63, 3.8) is 0 Å². The van der Waals surface area contributed by atoms with E-state index in [9.17, 15) is 0 Å². The van der Waals surface area contributed by atoms with Crippen LogP contribution in [0.2, 0.25) is 0 Å². The van der Waals surface area contributed by atoms with E-state index in [4.69, 9.17) is 4.42 Å². The molecule has 0 bridgehead atoms. The van der Waals surface area contributed by atoms with Crippen LogP contribution in [0.3, 0.4) is 0 Å². The van der Waals surface area contributed by atoms with Crippen LogP contribution >= 0.6 is 0 Å². The monoisotopic (exact) mass is 942 g/mol. The molecule has 0 radical (unpaired) electrons. The summed E-state index contributed by atoms with van der Waals surface area (Å²) in [6.45, 7) is 0. The van der Waals surface area contributed by atoms with E-state index in [2.05, 4.69) is 277 Å². The standard InChI is InChI=1S/C71H46N2O/c1-3-17-49(18-4-1)72(53-39-41-62-61-25-11-15-29-67(61)71(68(62)45-53)65-27-13-9-23-59(65)60-24-10-14-28-66(60)71)51-35-31-47(32-36-51)55-43-44-56(58-22-8-7-21-57(55)58)48-33-37-52(38-34-48)73(50-19-5-2-6-20-50)54-40-42-64-63-26-12-16-30-69(63)74-70(64)46-54/h1-46H. The van der Waals surface area contributed by atoms with Gasteiger partial charge in [-0.2, -0.15) is 0 Å². The van der Waals surface area contributed by atoms with E-state index in [1.54, 1.807) is 0 Å². The van der Waals surface area contributed by atoms with Crippen LogP contribution in [0.4, 0.5) is 34.1 Å². The van der Waals surface area contributed by atoms with Gasteiger partial charge in [0.1, 0.15) is 11.2 Å². The first kappa shape index (κ1) is 42.0. The van der Waals surface area contributed by atoms with Gasteiger partial charge in [0.05, 0.1) is 5.41 Å². The van der Waals surface area contributed by atoms with E-state index in [-0.39, 0.29) is 0 Å². The molecule has 74 heavy (non-hydrogen) atoms. The molecule has 3 heteroatoms. The number of hydrogen-bond acceptors (Lipinski definition) is 3. The minimum absolute atomic E-state index is 0.425. The van der Waals surface area contributed by atoms with Gasteiger partial charge in [0.25, 0.3) is 0 Å². The third-order valence-electron chi connectivity index (χ3n) is 15.7. The Balaban J connectivity index is 0.792. The van der Waals surface area contributed by atoms with Crippen molar-refractivity contribution in [3.05, 3.63) is 301 Å². The van der Waals surface area contributed by atoms with E-state index in [1.165, 1.54) is 72.0 Å². The highest BCUT2D eigenvalue weighted by atomic mass is 16.3. The van der Waals surface area contributed by atoms with Crippen LogP contribution in [0.5, 0.6) is 0 Å². The summed E-state index contributed by atoms with van der Waals surface area (Å²) in [5.74, 6) is 0. The molecule has 15 rings (SSSR count). The van der Waals surface area contributed by atoms with Gasteiger partial charge in [0.2, 0.25) is 0 Å². The van der Waals surface area contributed by atoms with E-state index < -0.39 is 5.41 Å². The van der Waals surface area contributed by atoms with Crippen LogP contribution in [0.15, 0.2) is 283 Å². The molecule has 1 aromatic heterocycles. The number of anilines is 6. The molecule has 3 nitrogen and oxygen atoms in total. The van der Waals surface area contributed by atoms with Gasteiger partial charge in [0, 0.05) is 51.0 Å². The number of furan rings is 1. The zero-order valence-corrected chi connectivity index (χ0v) is 40.4. The first-order valence-electron chi connectivity index (χ1n) is 25.5. The fourth-order valence-electron chi connectivity index (χ4n) is 12.5. The highest BCUT2D eigenvalue weighted by Gasteiger charge is 2.51. The average molecular weight is 943 g/mol. The molecule has 13 aromatic rings. The van der Waals surface area contributed by atoms with Crippen molar-refractivity contribution < 1.29 is 4.42 Å². The molecule has 346 valence electrons. The lowest BCUT2D eigenvalue weighted by Crippen LogP contribution is -2.26. The van der Waals surface area contributed by atoms with Crippen LogP contribution in [0.1, 0.15) is 22.3 Å². The molecule has 12 aromatic carbocycles. The SMILES string of the molecule is c1ccc(N(c2ccc(-c3ccc(-c4ccc(N(c5ccccc5)c5ccc6c(c5)oc5ccccc56)cc4)c4ccccc34)cc2)c2ccc3c(c2)C2(c4ccccc4-c4ccccc42)c2ccccc2-3)cc1. The Bertz CT molecular complexity index is 4240. The zero-order valence-electron chi connectivity index (χ0n) is 40.4. The summed E-state index contributed by atoms with van der Waals surface area (Å²) in [4.78, 5) is 4.71. The minimum atomic E-state index is -0.425. The van der Waals surface area contributed by atoms with Gasteiger partial charge in [0.15, 0.2) is 0 Å². The molecule has 2 aliphatic carbocycles.